The van der Waals surface area contributed by atoms with Crippen LogP contribution in [0.15, 0.2) is 60.2 Å². The largest absolute Gasteiger partial charge is 0.508 e. The highest BCUT2D eigenvalue weighted by molar-refractivity contribution is 5.82. The van der Waals surface area contributed by atoms with Crippen molar-refractivity contribution in [3.63, 3.8) is 0 Å². The van der Waals surface area contributed by atoms with Gasteiger partial charge in [-0.05, 0) is 49.3 Å². The monoisotopic (exact) mass is 574 g/mol. The Hall–Kier alpha value is -2.99. The first-order valence-corrected chi connectivity index (χ1v) is 13.9. The summed E-state index contributed by atoms with van der Waals surface area (Å²) in [7, 11) is 0. The molecule has 0 bridgehead atoms. The fourth-order valence-corrected chi connectivity index (χ4v) is 4.82. The molecule has 2 aliphatic rings. The predicted molar refractivity (Wildman–Crippen MR) is 151 cm³/mol. The quantitative estimate of drug-likeness (QED) is 0.124. The molecule has 10 heteroatoms. The Morgan fingerprint density at radius 1 is 1.20 bits per heavy atom. The molecular formula is C31H42O10. The second-order valence-electron chi connectivity index (χ2n) is 10.6. The lowest BCUT2D eigenvalue weighted by atomic mass is 9.87. The molecule has 1 aromatic rings. The van der Waals surface area contributed by atoms with E-state index in [0.29, 0.717) is 17.9 Å². The Morgan fingerprint density at radius 3 is 2.66 bits per heavy atom. The van der Waals surface area contributed by atoms with Crippen molar-refractivity contribution >= 4 is 5.97 Å². The molecule has 2 aliphatic heterocycles. The third-order valence-corrected chi connectivity index (χ3v) is 7.53. The van der Waals surface area contributed by atoms with Gasteiger partial charge in [-0.15, -0.1) is 0 Å². The topological polar surface area (TPSA) is 166 Å². The van der Waals surface area contributed by atoms with Gasteiger partial charge in [0.25, 0.3) is 0 Å². The number of aliphatic hydroxyl groups is 4. The maximum Gasteiger partial charge on any atom is 0.331 e. The maximum atomic E-state index is 12.5. The lowest BCUT2D eigenvalue weighted by Gasteiger charge is -2.47. The molecular weight excluding hydrogens is 532 g/mol. The normalized spacial score (nSPS) is 28.1. The standard InChI is InChI=1S/C31H42O10/c1-4-19(2)11-7-5-8-12-20(3)23(34)13-9-6-10-14-26(36)40-29-28(37)25(17-32)41-31(30(29)38)27-21(18-39-31)15-22(33)16-24(27)35/h5-6,8-10,12,14-16,19,23,25,28-30,32-35,37-38H,4,7,11,13,17-18H2,1-3H3. The lowest BCUT2D eigenvalue weighted by molar-refractivity contribution is -0.369. The lowest BCUT2D eigenvalue weighted by Crippen LogP contribution is -2.64. The second-order valence-corrected chi connectivity index (χ2v) is 10.6. The number of rotatable bonds is 12. The van der Waals surface area contributed by atoms with Crippen LogP contribution in [0.1, 0.15) is 57.6 Å². The molecule has 0 saturated carbocycles. The van der Waals surface area contributed by atoms with Gasteiger partial charge in [0.05, 0.1) is 24.9 Å². The van der Waals surface area contributed by atoms with Crippen LogP contribution in [0.25, 0.3) is 0 Å². The molecule has 0 aromatic heterocycles. The Kier molecular flexibility index (Phi) is 11.7. The molecule has 1 saturated heterocycles. The van der Waals surface area contributed by atoms with Crippen molar-refractivity contribution in [1.29, 1.82) is 0 Å². The van der Waals surface area contributed by atoms with E-state index in [2.05, 4.69) is 19.9 Å². The molecule has 0 aliphatic carbocycles. The minimum atomic E-state index is -2.04. The van der Waals surface area contributed by atoms with Crippen LogP contribution in [-0.2, 0) is 31.4 Å². The summed E-state index contributed by atoms with van der Waals surface area (Å²) in [6, 6.07) is 2.37. The van der Waals surface area contributed by atoms with Crippen LogP contribution in [0.3, 0.4) is 0 Å². The van der Waals surface area contributed by atoms with E-state index in [1.807, 2.05) is 19.1 Å². The zero-order chi connectivity index (χ0) is 30.2. The van der Waals surface area contributed by atoms with Gasteiger partial charge in [-0.25, -0.2) is 4.79 Å². The number of phenols is 2. The van der Waals surface area contributed by atoms with Crippen molar-refractivity contribution in [1.82, 2.24) is 0 Å². The zero-order valence-corrected chi connectivity index (χ0v) is 23.7. The molecule has 3 rings (SSSR count). The van der Waals surface area contributed by atoms with Crippen LogP contribution in [0, 0.1) is 5.92 Å². The molecule has 7 atom stereocenters. The van der Waals surface area contributed by atoms with Crippen LogP contribution < -0.4 is 0 Å². The number of aromatic hydroxyl groups is 2. The van der Waals surface area contributed by atoms with Gasteiger partial charge in [-0.2, -0.15) is 0 Å². The summed E-state index contributed by atoms with van der Waals surface area (Å²) in [5.74, 6) is -2.89. The minimum Gasteiger partial charge on any atom is -0.508 e. The molecule has 6 N–H and O–H groups in total. The van der Waals surface area contributed by atoms with Crippen LogP contribution in [0.5, 0.6) is 11.5 Å². The van der Waals surface area contributed by atoms with Crippen LogP contribution in [0.4, 0.5) is 0 Å². The van der Waals surface area contributed by atoms with Crippen LogP contribution in [0.2, 0.25) is 0 Å². The van der Waals surface area contributed by atoms with E-state index < -0.39 is 54.6 Å². The molecule has 0 radical (unpaired) electrons. The van der Waals surface area contributed by atoms with E-state index in [-0.39, 0.29) is 17.9 Å². The first-order chi connectivity index (χ1) is 19.5. The second kappa shape index (κ2) is 14.8. The number of hydrogen-bond acceptors (Lipinski definition) is 10. The van der Waals surface area contributed by atoms with Gasteiger partial charge in [-0.1, -0.05) is 56.7 Å². The molecule has 0 amide bonds. The summed E-state index contributed by atoms with van der Waals surface area (Å²) in [6.07, 6.45) is 8.32. The first kappa shape index (κ1) is 32.5. The van der Waals surface area contributed by atoms with Crippen molar-refractivity contribution in [2.45, 2.75) is 89.4 Å². The number of esters is 1. The van der Waals surface area contributed by atoms with E-state index >= 15 is 0 Å². The molecule has 7 unspecified atom stereocenters. The van der Waals surface area contributed by atoms with Crippen molar-refractivity contribution < 1.29 is 49.6 Å². The van der Waals surface area contributed by atoms with Crippen LogP contribution in [-0.4, -0.2) is 73.7 Å². The molecule has 10 nitrogen and oxygen atoms in total. The van der Waals surface area contributed by atoms with E-state index in [9.17, 15) is 35.4 Å². The Bertz CT molecular complexity index is 1160. The van der Waals surface area contributed by atoms with Gasteiger partial charge >= 0.3 is 5.97 Å². The zero-order valence-electron chi connectivity index (χ0n) is 23.7. The third kappa shape index (κ3) is 7.85. The van der Waals surface area contributed by atoms with E-state index in [1.54, 1.807) is 12.2 Å². The van der Waals surface area contributed by atoms with Gasteiger partial charge in [0.1, 0.15) is 23.7 Å². The number of fused-ring (bicyclic) bond motifs is 2. The average molecular weight is 575 g/mol. The van der Waals surface area contributed by atoms with E-state index in [4.69, 9.17) is 14.2 Å². The highest BCUT2D eigenvalue weighted by Crippen LogP contribution is 2.50. The van der Waals surface area contributed by atoms with Gasteiger partial charge in [-0.3, -0.25) is 0 Å². The molecule has 1 fully saturated rings. The molecule has 41 heavy (non-hydrogen) atoms. The first-order valence-electron chi connectivity index (χ1n) is 13.9. The fraction of sp³-hybridized carbons (Fsp3) is 0.516. The number of ether oxygens (including phenoxy) is 3. The van der Waals surface area contributed by atoms with Crippen molar-refractivity contribution in [3.05, 3.63) is 71.4 Å². The number of aliphatic hydroxyl groups excluding tert-OH is 4. The SMILES string of the molecule is CCC(C)CCC=CC=C(C)C(O)CC=CC=CC(=O)OC1C(O)C(CO)OC2(OCc3cc(O)cc(O)c32)C1O. The highest BCUT2D eigenvalue weighted by atomic mass is 16.7. The van der Waals surface area contributed by atoms with Crippen LogP contribution >= 0.6 is 0 Å². The molecule has 1 aromatic carbocycles. The summed E-state index contributed by atoms with van der Waals surface area (Å²) in [5.41, 5.74) is 1.15. The fourth-order valence-electron chi connectivity index (χ4n) is 4.82. The Labute approximate surface area is 240 Å². The Balaban J connectivity index is 1.59. The summed E-state index contributed by atoms with van der Waals surface area (Å²) in [6.45, 7) is 5.40. The predicted octanol–water partition coefficient (Wildman–Crippen LogP) is 3.00. The molecule has 1 spiro atoms. The summed E-state index contributed by atoms with van der Waals surface area (Å²) < 4.78 is 16.7. The van der Waals surface area contributed by atoms with Gasteiger partial charge < -0.3 is 44.8 Å². The number of carbonyl (C=O) groups is 1. The van der Waals surface area contributed by atoms with Gasteiger partial charge in [0, 0.05) is 12.1 Å². The number of benzene rings is 1. The van der Waals surface area contributed by atoms with E-state index in [1.165, 1.54) is 12.1 Å². The number of hydrogen-bond donors (Lipinski definition) is 6. The molecule has 2 heterocycles. The summed E-state index contributed by atoms with van der Waals surface area (Å²) in [5, 5.41) is 62.1. The highest BCUT2D eigenvalue weighted by Gasteiger charge is 2.61. The van der Waals surface area contributed by atoms with E-state index in [0.717, 1.165) is 37.0 Å². The minimum absolute atomic E-state index is 0.0113. The summed E-state index contributed by atoms with van der Waals surface area (Å²) in [4.78, 5) is 12.5. The number of phenolic OH excluding ortho intramolecular Hbond substituents is 2. The number of carbonyl (C=O) groups excluding carboxylic acids is 1. The Morgan fingerprint density at radius 2 is 1.95 bits per heavy atom. The van der Waals surface area contributed by atoms with Crippen molar-refractivity contribution in [3.8, 4) is 11.5 Å². The average Bonchev–Trinajstić information content (AvgIpc) is 3.31. The van der Waals surface area contributed by atoms with Crippen molar-refractivity contribution in [2.75, 3.05) is 6.61 Å². The van der Waals surface area contributed by atoms with Gasteiger partial charge in [0.15, 0.2) is 12.2 Å². The third-order valence-electron chi connectivity index (χ3n) is 7.53. The van der Waals surface area contributed by atoms with Crippen molar-refractivity contribution in [2.24, 2.45) is 5.92 Å². The van der Waals surface area contributed by atoms with Gasteiger partial charge in [0.2, 0.25) is 5.79 Å². The summed E-state index contributed by atoms with van der Waals surface area (Å²) >= 11 is 0. The smallest absolute Gasteiger partial charge is 0.331 e. The maximum absolute atomic E-state index is 12.5. The molecule has 226 valence electrons. The number of allylic oxidation sites excluding steroid dienone is 5.